The normalized spacial score (nSPS) is 18.0. The molecule has 0 heterocycles. The fourth-order valence-electron chi connectivity index (χ4n) is 2.84. The highest BCUT2D eigenvalue weighted by atomic mass is 32.2. The highest BCUT2D eigenvalue weighted by molar-refractivity contribution is 7.84. The fourth-order valence-corrected chi connectivity index (χ4v) is 3.98. The Morgan fingerprint density at radius 1 is 1.19 bits per heavy atom. The number of aryl methyl sites for hydroxylation is 1. The Labute approximate surface area is 130 Å². The molecule has 0 aromatic heterocycles. The molecule has 0 aliphatic heterocycles. The maximum absolute atomic E-state index is 12.1. The number of hydrogen-bond acceptors (Lipinski definition) is 2. The zero-order chi connectivity index (χ0) is 15.1. The van der Waals surface area contributed by atoms with Crippen LogP contribution < -0.4 is 5.32 Å². The molecule has 21 heavy (non-hydrogen) atoms. The molecule has 0 unspecified atom stereocenters. The van der Waals surface area contributed by atoms with Crippen molar-refractivity contribution in [1.82, 2.24) is 5.32 Å². The SMILES string of the molecule is Cc1ccccc1C[S@@](=O)CC(=O)NC1CCCCCC1. The summed E-state index contributed by atoms with van der Waals surface area (Å²) in [5.74, 6) is 0.518. The first-order valence-corrected chi connectivity index (χ1v) is 9.33. The largest absolute Gasteiger partial charge is 0.353 e. The molecule has 1 aromatic carbocycles. The average Bonchev–Trinajstić information content (AvgIpc) is 2.69. The first-order chi connectivity index (χ1) is 10.1. The highest BCUT2D eigenvalue weighted by Gasteiger charge is 2.16. The Kier molecular flexibility index (Phi) is 6.43. The van der Waals surface area contributed by atoms with Crippen molar-refractivity contribution in [3.8, 4) is 0 Å². The van der Waals surface area contributed by atoms with E-state index in [9.17, 15) is 9.00 Å². The van der Waals surface area contributed by atoms with Crippen LogP contribution in [0.2, 0.25) is 0 Å². The van der Waals surface area contributed by atoms with Crippen molar-refractivity contribution in [2.75, 3.05) is 5.75 Å². The van der Waals surface area contributed by atoms with Gasteiger partial charge in [0.05, 0.1) is 0 Å². The molecule has 1 atom stereocenters. The minimum Gasteiger partial charge on any atom is -0.353 e. The van der Waals surface area contributed by atoms with Gasteiger partial charge in [-0.05, 0) is 30.9 Å². The number of rotatable bonds is 5. The second-order valence-corrected chi connectivity index (χ2v) is 7.37. The van der Waals surface area contributed by atoms with E-state index < -0.39 is 10.8 Å². The molecule has 1 fully saturated rings. The van der Waals surface area contributed by atoms with Gasteiger partial charge < -0.3 is 5.32 Å². The van der Waals surface area contributed by atoms with Crippen LogP contribution in [0.4, 0.5) is 0 Å². The van der Waals surface area contributed by atoms with Crippen molar-refractivity contribution >= 4 is 16.7 Å². The Balaban J connectivity index is 1.79. The standard InChI is InChI=1S/C17H25NO2S/c1-14-8-6-7-9-15(14)12-21(20)13-17(19)18-16-10-4-2-3-5-11-16/h6-9,16H,2-5,10-13H2,1H3,(H,18,19)/t21-/m1/s1. The molecule has 1 saturated carbocycles. The molecule has 3 nitrogen and oxygen atoms in total. The molecule has 0 bridgehead atoms. The molecule has 116 valence electrons. The van der Waals surface area contributed by atoms with Crippen molar-refractivity contribution in [1.29, 1.82) is 0 Å². The van der Waals surface area contributed by atoms with E-state index in [0.29, 0.717) is 5.75 Å². The van der Waals surface area contributed by atoms with Crippen LogP contribution in [-0.2, 0) is 21.3 Å². The van der Waals surface area contributed by atoms with Crippen molar-refractivity contribution in [3.63, 3.8) is 0 Å². The third kappa shape index (κ3) is 5.62. The van der Waals surface area contributed by atoms with E-state index in [2.05, 4.69) is 5.32 Å². The van der Waals surface area contributed by atoms with Crippen LogP contribution in [0.1, 0.15) is 49.7 Å². The molecular formula is C17H25NO2S. The first kappa shape index (κ1) is 16.2. The second kappa shape index (κ2) is 8.32. The van der Waals surface area contributed by atoms with Gasteiger partial charge in [0, 0.05) is 22.6 Å². The summed E-state index contributed by atoms with van der Waals surface area (Å²) in [7, 11) is -1.13. The summed E-state index contributed by atoms with van der Waals surface area (Å²) in [6.45, 7) is 2.01. The predicted octanol–water partition coefficient (Wildman–Crippen LogP) is 3.08. The number of amides is 1. The topological polar surface area (TPSA) is 46.2 Å². The number of benzene rings is 1. The second-order valence-electron chi connectivity index (χ2n) is 5.91. The van der Waals surface area contributed by atoms with E-state index >= 15 is 0 Å². The molecular weight excluding hydrogens is 282 g/mol. The van der Waals surface area contributed by atoms with E-state index in [4.69, 9.17) is 0 Å². The lowest BCUT2D eigenvalue weighted by molar-refractivity contribution is -0.119. The van der Waals surface area contributed by atoms with Gasteiger partial charge in [-0.3, -0.25) is 9.00 Å². The monoisotopic (exact) mass is 307 g/mol. The van der Waals surface area contributed by atoms with E-state index in [1.54, 1.807) is 0 Å². The summed E-state index contributed by atoms with van der Waals surface area (Å²) in [5, 5.41) is 3.06. The molecule has 1 aliphatic carbocycles. The van der Waals surface area contributed by atoms with Crippen molar-refractivity contribution in [2.45, 2.75) is 57.2 Å². The van der Waals surface area contributed by atoms with Crippen molar-refractivity contribution in [2.24, 2.45) is 0 Å². The fraction of sp³-hybridized carbons (Fsp3) is 0.588. The van der Waals surface area contributed by atoms with Gasteiger partial charge in [-0.25, -0.2) is 0 Å². The molecule has 0 spiro atoms. The van der Waals surface area contributed by atoms with Crippen LogP contribution in [-0.4, -0.2) is 21.9 Å². The summed E-state index contributed by atoms with van der Waals surface area (Å²) >= 11 is 0. The van der Waals surface area contributed by atoms with Gasteiger partial charge in [0.25, 0.3) is 0 Å². The van der Waals surface area contributed by atoms with Crippen LogP contribution in [0.25, 0.3) is 0 Å². The summed E-state index contributed by atoms with van der Waals surface area (Å²) in [6.07, 6.45) is 7.05. The third-order valence-electron chi connectivity index (χ3n) is 4.09. The number of hydrogen-bond donors (Lipinski definition) is 1. The number of nitrogens with one attached hydrogen (secondary N) is 1. The average molecular weight is 307 g/mol. The summed E-state index contributed by atoms with van der Waals surface area (Å²) in [6, 6.07) is 8.20. The summed E-state index contributed by atoms with van der Waals surface area (Å²) in [4.78, 5) is 12.0. The molecule has 1 N–H and O–H groups in total. The Hall–Kier alpha value is -1.16. The minimum atomic E-state index is -1.13. The van der Waals surface area contributed by atoms with E-state index in [-0.39, 0.29) is 17.7 Å². The van der Waals surface area contributed by atoms with Crippen molar-refractivity contribution in [3.05, 3.63) is 35.4 Å². The summed E-state index contributed by atoms with van der Waals surface area (Å²) in [5.41, 5.74) is 2.20. The molecule has 0 radical (unpaired) electrons. The minimum absolute atomic E-state index is 0.0613. The van der Waals surface area contributed by atoms with Crippen LogP contribution >= 0.6 is 0 Å². The van der Waals surface area contributed by atoms with E-state index in [1.807, 2.05) is 31.2 Å². The molecule has 0 saturated heterocycles. The maximum atomic E-state index is 12.1. The lowest BCUT2D eigenvalue weighted by atomic mass is 10.1. The smallest absolute Gasteiger partial charge is 0.232 e. The first-order valence-electron chi connectivity index (χ1n) is 7.84. The van der Waals surface area contributed by atoms with Gasteiger partial charge in [-0.2, -0.15) is 0 Å². The molecule has 1 aliphatic rings. The van der Waals surface area contributed by atoms with Gasteiger partial charge in [0.2, 0.25) is 5.91 Å². The molecule has 1 amide bonds. The molecule has 1 aromatic rings. The van der Waals surface area contributed by atoms with E-state index in [0.717, 1.165) is 24.0 Å². The summed E-state index contributed by atoms with van der Waals surface area (Å²) < 4.78 is 12.1. The van der Waals surface area contributed by atoms with Gasteiger partial charge in [-0.15, -0.1) is 0 Å². The lowest BCUT2D eigenvalue weighted by Crippen LogP contribution is -2.37. The van der Waals surface area contributed by atoms with Gasteiger partial charge in [-0.1, -0.05) is 49.9 Å². The van der Waals surface area contributed by atoms with Gasteiger partial charge >= 0.3 is 0 Å². The van der Waals surface area contributed by atoms with Crippen molar-refractivity contribution < 1.29 is 9.00 Å². The zero-order valence-electron chi connectivity index (χ0n) is 12.8. The van der Waals surface area contributed by atoms with Crippen LogP contribution in [0.5, 0.6) is 0 Å². The predicted molar refractivity (Wildman–Crippen MR) is 87.5 cm³/mol. The van der Waals surface area contributed by atoms with Crippen LogP contribution in [0, 0.1) is 6.92 Å². The molecule has 4 heteroatoms. The molecule has 2 rings (SSSR count). The zero-order valence-corrected chi connectivity index (χ0v) is 13.6. The number of carbonyl (C=O) groups is 1. The quantitative estimate of drug-likeness (QED) is 0.850. The highest BCUT2D eigenvalue weighted by Crippen LogP contribution is 2.17. The Morgan fingerprint density at radius 2 is 1.86 bits per heavy atom. The maximum Gasteiger partial charge on any atom is 0.232 e. The van der Waals surface area contributed by atoms with Gasteiger partial charge in [0.15, 0.2) is 0 Å². The van der Waals surface area contributed by atoms with Crippen LogP contribution in [0.15, 0.2) is 24.3 Å². The Morgan fingerprint density at radius 3 is 2.52 bits per heavy atom. The van der Waals surface area contributed by atoms with Gasteiger partial charge in [0.1, 0.15) is 5.75 Å². The Bertz CT molecular complexity index is 493. The number of carbonyl (C=O) groups excluding carboxylic acids is 1. The van der Waals surface area contributed by atoms with E-state index in [1.165, 1.54) is 25.7 Å². The van der Waals surface area contributed by atoms with Crippen LogP contribution in [0.3, 0.4) is 0 Å². The third-order valence-corrected chi connectivity index (χ3v) is 5.31. The lowest BCUT2D eigenvalue weighted by Gasteiger charge is -2.16.